The van der Waals surface area contributed by atoms with E-state index in [4.69, 9.17) is 9.78 Å². The first-order chi connectivity index (χ1) is 18.7. The fourth-order valence-corrected chi connectivity index (χ4v) is 6.56. The fourth-order valence-electron chi connectivity index (χ4n) is 5.01. The van der Waals surface area contributed by atoms with Gasteiger partial charge in [-0.2, -0.15) is 10.4 Å². The number of rotatable bonds is 9. The van der Waals surface area contributed by atoms with Crippen LogP contribution in [0.3, 0.4) is 0 Å². The van der Waals surface area contributed by atoms with E-state index in [2.05, 4.69) is 26.4 Å². The molecule has 1 aliphatic heterocycles. The molecule has 2 aromatic heterocycles. The number of fused-ring (bicyclic) bond motifs is 1. The summed E-state index contributed by atoms with van der Waals surface area (Å²) in [6.45, 7) is 0.566. The molecule has 2 aliphatic carbocycles. The van der Waals surface area contributed by atoms with Crippen molar-refractivity contribution in [3.05, 3.63) is 64.2 Å². The quantitative estimate of drug-likeness (QED) is 0.410. The largest absolute Gasteiger partial charge is 0.359 e. The summed E-state index contributed by atoms with van der Waals surface area (Å²) in [5, 5.41) is 19.9. The summed E-state index contributed by atoms with van der Waals surface area (Å²) >= 11 is 0. The third kappa shape index (κ3) is 4.65. The normalized spacial score (nSPS) is 17.8. The van der Waals surface area contributed by atoms with E-state index in [9.17, 15) is 18.0 Å². The van der Waals surface area contributed by atoms with Crippen molar-refractivity contribution in [3.63, 3.8) is 0 Å². The van der Waals surface area contributed by atoms with E-state index < -0.39 is 20.7 Å². The van der Waals surface area contributed by atoms with E-state index in [1.807, 2.05) is 0 Å². The summed E-state index contributed by atoms with van der Waals surface area (Å²) in [5.74, 6) is 0.410. The summed E-state index contributed by atoms with van der Waals surface area (Å²) < 4.78 is 34.7. The Morgan fingerprint density at radius 1 is 1.26 bits per heavy atom. The number of sulfonamides is 1. The van der Waals surface area contributed by atoms with Gasteiger partial charge in [0.1, 0.15) is 16.2 Å². The van der Waals surface area contributed by atoms with Crippen molar-refractivity contribution in [3.8, 4) is 6.07 Å². The molecule has 0 bridgehead atoms. The standard InChI is InChI=1S/C26H27N7O5S/c1-32-23-19(22(29-32)24(34)28-14-17-4-2-16(13-27)3-5-17)8-11-33(25(23)35)15-26(9-10-26)39(36,37)31-21-12-20(38-30-21)18-6-7-18/h2-5,12,18H,6-11,14-15H2,1H3,(H,28,34)(H,30,31). The Hall–Kier alpha value is -4.18. The lowest BCUT2D eigenvalue weighted by Crippen LogP contribution is -2.47. The fraction of sp³-hybridized carbons (Fsp3) is 0.423. The Morgan fingerprint density at radius 2 is 2.00 bits per heavy atom. The SMILES string of the molecule is Cn1nc(C(=O)NCc2ccc(C#N)cc2)c2c1C(=O)N(CC1(S(=O)(=O)Nc3cc(C4CC4)on3)CC1)CC2. The lowest BCUT2D eigenvalue weighted by atomic mass is 10.0. The number of nitrogens with zero attached hydrogens (tertiary/aromatic N) is 5. The maximum atomic E-state index is 13.5. The molecule has 1 aromatic carbocycles. The van der Waals surface area contributed by atoms with Crippen LogP contribution in [-0.2, 0) is 30.0 Å². The van der Waals surface area contributed by atoms with Crippen LogP contribution in [0.1, 0.15) is 75.0 Å². The molecule has 3 aliphatic rings. The number of aryl methyl sites for hydroxylation is 1. The van der Waals surface area contributed by atoms with Gasteiger partial charge in [-0.3, -0.25) is 19.0 Å². The van der Waals surface area contributed by atoms with Gasteiger partial charge in [-0.1, -0.05) is 17.3 Å². The minimum absolute atomic E-state index is 0.0410. The Labute approximate surface area is 225 Å². The van der Waals surface area contributed by atoms with Crippen LogP contribution in [0, 0.1) is 11.3 Å². The van der Waals surface area contributed by atoms with Crippen molar-refractivity contribution in [2.24, 2.45) is 7.05 Å². The van der Waals surface area contributed by atoms with Gasteiger partial charge in [0.25, 0.3) is 11.8 Å². The molecule has 13 heteroatoms. The van der Waals surface area contributed by atoms with E-state index in [0.717, 1.165) is 18.4 Å². The molecule has 0 radical (unpaired) electrons. The third-order valence-electron chi connectivity index (χ3n) is 7.62. The molecule has 0 unspecified atom stereocenters. The first-order valence-corrected chi connectivity index (χ1v) is 14.3. The van der Waals surface area contributed by atoms with Crippen LogP contribution in [0.4, 0.5) is 5.82 Å². The highest BCUT2D eigenvalue weighted by atomic mass is 32.2. The summed E-state index contributed by atoms with van der Waals surface area (Å²) in [6, 6.07) is 10.6. The molecule has 0 spiro atoms. The Kier molecular flexibility index (Phi) is 5.95. The summed E-state index contributed by atoms with van der Waals surface area (Å²) in [7, 11) is -2.22. The van der Waals surface area contributed by atoms with Crippen LogP contribution in [0.15, 0.2) is 34.9 Å². The highest BCUT2D eigenvalue weighted by Crippen LogP contribution is 2.46. The Bertz CT molecular complexity index is 1610. The zero-order chi connectivity index (χ0) is 27.4. The summed E-state index contributed by atoms with van der Waals surface area (Å²) in [4.78, 5) is 27.9. The number of carbonyl (C=O) groups is 2. The molecule has 6 rings (SSSR count). The van der Waals surface area contributed by atoms with Crippen molar-refractivity contribution in [1.82, 2.24) is 25.2 Å². The minimum Gasteiger partial charge on any atom is -0.359 e. The molecule has 39 heavy (non-hydrogen) atoms. The van der Waals surface area contributed by atoms with Gasteiger partial charge < -0.3 is 14.7 Å². The highest BCUT2D eigenvalue weighted by molar-refractivity contribution is 7.94. The first-order valence-electron chi connectivity index (χ1n) is 12.8. The van der Waals surface area contributed by atoms with E-state index in [-0.39, 0.29) is 42.7 Å². The molecular formula is C26H27N7O5S. The number of nitrogens with one attached hydrogen (secondary N) is 2. The van der Waals surface area contributed by atoms with Crippen LogP contribution in [0.5, 0.6) is 0 Å². The number of benzene rings is 1. The van der Waals surface area contributed by atoms with Crippen LogP contribution in [0.25, 0.3) is 0 Å². The molecule has 3 heterocycles. The summed E-state index contributed by atoms with van der Waals surface area (Å²) in [6.07, 6.45) is 3.27. The number of hydrogen-bond donors (Lipinski definition) is 2. The van der Waals surface area contributed by atoms with Gasteiger partial charge >= 0.3 is 0 Å². The zero-order valence-electron chi connectivity index (χ0n) is 21.3. The second-order valence-corrected chi connectivity index (χ2v) is 12.5. The van der Waals surface area contributed by atoms with Gasteiger partial charge in [0.15, 0.2) is 11.5 Å². The van der Waals surface area contributed by atoms with Crippen molar-refractivity contribution in [2.75, 3.05) is 17.8 Å². The van der Waals surface area contributed by atoms with Crippen LogP contribution < -0.4 is 10.0 Å². The van der Waals surface area contributed by atoms with Gasteiger partial charge in [0.2, 0.25) is 10.0 Å². The maximum Gasteiger partial charge on any atom is 0.272 e. The molecule has 0 saturated heterocycles. The zero-order valence-corrected chi connectivity index (χ0v) is 22.1. The molecule has 3 aromatic rings. The minimum atomic E-state index is -3.82. The second kappa shape index (κ2) is 9.23. The number of carbonyl (C=O) groups excluding carboxylic acids is 2. The first kappa shape index (κ1) is 25.1. The molecule has 0 atom stereocenters. The number of amides is 2. The predicted molar refractivity (Wildman–Crippen MR) is 138 cm³/mol. The Balaban J connectivity index is 1.13. The van der Waals surface area contributed by atoms with Gasteiger partial charge in [0, 0.05) is 44.2 Å². The van der Waals surface area contributed by atoms with Gasteiger partial charge in [0.05, 0.1) is 11.6 Å². The average molecular weight is 550 g/mol. The predicted octanol–water partition coefficient (Wildman–Crippen LogP) is 2.06. The van der Waals surface area contributed by atoms with Gasteiger partial charge in [-0.25, -0.2) is 8.42 Å². The molecular weight excluding hydrogens is 522 g/mol. The Morgan fingerprint density at radius 3 is 2.67 bits per heavy atom. The monoisotopic (exact) mass is 549 g/mol. The van der Waals surface area contributed by atoms with Crippen molar-refractivity contribution < 1.29 is 22.5 Å². The van der Waals surface area contributed by atoms with E-state index in [0.29, 0.717) is 42.1 Å². The molecule has 2 amide bonds. The third-order valence-corrected chi connectivity index (χ3v) is 9.78. The lowest BCUT2D eigenvalue weighted by molar-refractivity contribution is 0.0724. The highest BCUT2D eigenvalue weighted by Gasteiger charge is 2.57. The van der Waals surface area contributed by atoms with Crippen molar-refractivity contribution in [2.45, 2.75) is 49.3 Å². The van der Waals surface area contributed by atoms with E-state index in [1.165, 1.54) is 9.58 Å². The maximum absolute atomic E-state index is 13.5. The molecule has 2 N–H and O–H groups in total. The van der Waals surface area contributed by atoms with Crippen molar-refractivity contribution >= 4 is 27.7 Å². The second-order valence-electron chi connectivity index (χ2n) is 10.4. The van der Waals surface area contributed by atoms with E-state index >= 15 is 0 Å². The van der Waals surface area contributed by atoms with Gasteiger partial charge in [-0.05, 0) is 49.8 Å². The van der Waals surface area contributed by atoms with Gasteiger partial charge in [-0.15, -0.1) is 0 Å². The van der Waals surface area contributed by atoms with Crippen LogP contribution >= 0.6 is 0 Å². The number of anilines is 1. The number of aromatic nitrogens is 3. The number of nitriles is 1. The number of hydrogen-bond acceptors (Lipinski definition) is 8. The molecule has 202 valence electrons. The molecule has 12 nitrogen and oxygen atoms in total. The topological polar surface area (TPSA) is 163 Å². The molecule has 2 fully saturated rings. The van der Waals surface area contributed by atoms with Crippen LogP contribution in [0.2, 0.25) is 0 Å². The lowest BCUT2D eigenvalue weighted by Gasteiger charge is -2.30. The average Bonchev–Trinajstić information content (AvgIpc) is 3.84. The van der Waals surface area contributed by atoms with E-state index in [1.54, 1.807) is 37.4 Å². The van der Waals surface area contributed by atoms with Crippen molar-refractivity contribution in [1.29, 1.82) is 5.26 Å². The van der Waals surface area contributed by atoms with Crippen LogP contribution in [-0.4, -0.2) is 57.9 Å². The summed E-state index contributed by atoms with van der Waals surface area (Å²) in [5.41, 5.74) is 2.38. The molecule has 2 saturated carbocycles. The smallest absolute Gasteiger partial charge is 0.272 e.